The van der Waals surface area contributed by atoms with E-state index in [2.05, 4.69) is 53.2 Å². The van der Waals surface area contributed by atoms with E-state index in [1.54, 1.807) is 6.08 Å². The molecule has 1 amide bonds. The van der Waals surface area contributed by atoms with Crippen molar-refractivity contribution in [3.8, 4) is 6.07 Å². The summed E-state index contributed by atoms with van der Waals surface area (Å²) >= 11 is 0. The molecule has 0 bridgehead atoms. The fourth-order valence-corrected chi connectivity index (χ4v) is 3.81. The van der Waals surface area contributed by atoms with Crippen LogP contribution in [0.15, 0.2) is 90.6 Å². The molecule has 3 aromatic carbocycles. The van der Waals surface area contributed by atoms with Gasteiger partial charge in [-0.05, 0) is 37.1 Å². The third kappa shape index (κ3) is 4.63. The van der Waals surface area contributed by atoms with Gasteiger partial charge in [0, 0.05) is 29.2 Å². The maximum absolute atomic E-state index is 12.8. The molecular formula is C28H25N3O. The summed E-state index contributed by atoms with van der Waals surface area (Å²) in [5.41, 5.74) is 5.42. The van der Waals surface area contributed by atoms with E-state index in [0.717, 1.165) is 22.0 Å². The second-order valence-corrected chi connectivity index (χ2v) is 7.99. The van der Waals surface area contributed by atoms with Crippen LogP contribution in [0.25, 0.3) is 17.0 Å². The lowest BCUT2D eigenvalue weighted by Crippen LogP contribution is -2.27. The SMILES string of the molecule is Cc1ccc(Cn2cc(/C=C(/C#N)C(=O)N[C@@H](C)c3ccccc3)c3ccccc32)cc1. The summed E-state index contributed by atoms with van der Waals surface area (Å²) in [5, 5.41) is 13.6. The molecular weight excluding hydrogens is 394 g/mol. The number of hydrogen-bond donors (Lipinski definition) is 1. The molecule has 1 N–H and O–H groups in total. The largest absolute Gasteiger partial charge is 0.345 e. The highest BCUT2D eigenvalue weighted by Crippen LogP contribution is 2.25. The molecule has 0 spiro atoms. The monoisotopic (exact) mass is 419 g/mol. The van der Waals surface area contributed by atoms with Crippen molar-refractivity contribution in [1.82, 2.24) is 9.88 Å². The molecule has 0 unspecified atom stereocenters. The second kappa shape index (κ2) is 9.36. The van der Waals surface area contributed by atoms with E-state index in [1.165, 1.54) is 11.1 Å². The Bertz CT molecular complexity index is 1310. The Labute approximate surface area is 188 Å². The van der Waals surface area contributed by atoms with Gasteiger partial charge in [0.25, 0.3) is 5.91 Å². The molecule has 4 heteroatoms. The summed E-state index contributed by atoms with van der Waals surface area (Å²) in [4.78, 5) is 12.8. The Balaban J connectivity index is 1.63. The number of nitriles is 1. The van der Waals surface area contributed by atoms with Gasteiger partial charge in [-0.15, -0.1) is 0 Å². The molecule has 1 aromatic heterocycles. The van der Waals surface area contributed by atoms with Gasteiger partial charge in [-0.25, -0.2) is 0 Å². The normalized spacial score (nSPS) is 12.3. The highest BCUT2D eigenvalue weighted by Gasteiger charge is 2.15. The van der Waals surface area contributed by atoms with Gasteiger partial charge in [0.15, 0.2) is 0 Å². The molecule has 0 aliphatic rings. The Morgan fingerprint density at radius 3 is 2.44 bits per heavy atom. The van der Waals surface area contributed by atoms with Gasteiger partial charge in [-0.2, -0.15) is 5.26 Å². The number of carbonyl (C=O) groups excluding carboxylic acids is 1. The van der Waals surface area contributed by atoms with E-state index in [4.69, 9.17) is 0 Å². The Morgan fingerprint density at radius 1 is 1.03 bits per heavy atom. The maximum atomic E-state index is 12.8. The first-order valence-electron chi connectivity index (χ1n) is 10.7. The van der Waals surface area contributed by atoms with Crippen LogP contribution in [0.1, 0.15) is 35.2 Å². The molecule has 0 aliphatic heterocycles. The van der Waals surface area contributed by atoms with Crippen LogP contribution in [0.2, 0.25) is 0 Å². The molecule has 1 heterocycles. The van der Waals surface area contributed by atoms with E-state index in [-0.39, 0.29) is 17.5 Å². The quantitative estimate of drug-likeness (QED) is 0.318. The highest BCUT2D eigenvalue weighted by molar-refractivity contribution is 6.04. The molecule has 4 rings (SSSR count). The number of benzene rings is 3. The topological polar surface area (TPSA) is 57.8 Å². The predicted molar refractivity (Wildman–Crippen MR) is 129 cm³/mol. The molecule has 0 aliphatic carbocycles. The van der Waals surface area contributed by atoms with Crippen molar-refractivity contribution in [1.29, 1.82) is 5.26 Å². The van der Waals surface area contributed by atoms with E-state index < -0.39 is 0 Å². The van der Waals surface area contributed by atoms with Crippen LogP contribution in [0.5, 0.6) is 0 Å². The van der Waals surface area contributed by atoms with Crippen molar-refractivity contribution in [3.05, 3.63) is 113 Å². The van der Waals surface area contributed by atoms with Gasteiger partial charge in [-0.1, -0.05) is 78.4 Å². The third-order valence-electron chi connectivity index (χ3n) is 5.61. The van der Waals surface area contributed by atoms with Crippen LogP contribution in [0.4, 0.5) is 0 Å². The van der Waals surface area contributed by atoms with Gasteiger partial charge < -0.3 is 9.88 Å². The number of aryl methyl sites for hydroxylation is 1. The van der Waals surface area contributed by atoms with Crippen molar-refractivity contribution in [2.45, 2.75) is 26.4 Å². The van der Waals surface area contributed by atoms with Crippen LogP contribution in [-0.4, -0.2) is 10.5 Å². The van der Waals surface area contributed by atoms with Gasteiger partial charge in [0.05, 0.1) is 6.04 Å². The molecule has 4 nitrogen and oxygen atoms in total. The van der Waals surface area contributed by atoms with Gasteiger partial charge in [0.2, 0.25) is 0 Å². The fourth-order valence-electron chi connectivity index (χ4n) is 3.81. The number of fused-ring (bicyclic) bond motifs is 1. The number of amides is 1. The Hall–Kier alpha value is -4.10. The first-order valence-corrected chi connectivity index (χ1v) is 10.7. The lowest BCUT2D eigenvalue weighted by Gasteiger charge is -2.13. The predicted octanol–water partition coefficient (Wildman–Crippen LogP) is 5.78. The molecule has 1 atom stereocenters. The first kappa shape index (κ1) is 21.1. The number of rotatable bonds is 6. The lowest BCUT2D eigenvalue weighted by molar-refractivity contribution is -0.117. The Morgan fingerprint density at radius 2 is 1.72 bits per heavy atom. The number of aromatic nitrogens is 1. The zero-order valence-electron chi connectivity index (χ0n) is 18.2. The molecule has 0 fully saturated rings. The molecule has 158 valence electrons. The van der Waals surface area contributed by atoms with E-state index in [0.29, 0.717) is 6.54 Å². The number of nitrogens with one attached hydrogen (secondary N) is 1. The molecule has 0 saturated heterocycles. The van der Waals surface area contributed by atoms with E-state index in [9.17, 15) is 10.1 Å². The minimum absolute atomic E-state index is 0.0889. The molecule has 0 saturated carbocycles. The smallest absolute Gasteiger partial charge is 0.262 e. The second-order valence-electron chi connectivity index (χ2n) is 7.99. The number of hydrogen-bond acceptors (Lipinski definition) is 2. The van der Waals surface area contributed by atoms with Crippen molar-refractivity contribution in [3.63, 3.8) is 0 Å². The van der Waals surface area contributed by atoms with Crippen LogP contribution < -0.4 is 5.32 Å². The third-order valence-corrected chi connectivity index (χ3v) is 5.61. The zero-order chi connectivity index (χ0) is 22.5. The summed E-state index contributed by atoms with van der Waals surface area (Å²) in [6.07, 6.45) is 3.69. The minimum Gasteiger partial charge on any atom is -0.345 e. The molecule has 0 radical (unpaired) electrons. The summed E-state index contributed by atoms with van der Waals surface area (Å²) in [5.74, 6) is -0.376. The molecule has 32 heavy (non-hydrogen) atoms. The van der Waals surface area contributed by atoms with Crippen molar-refractivity contribution >= 4 is 22.9 Å². The van der Waals surface area contributed by atoms with Gasteiger partial charge in [-0.3, -0.25) is 4.79 Å². The van der Waals surface area contributed by atoms with Crippen LogP contribution in [0, 0.1) is 18.3 Å². The summed E-state index contributed by atoms with van der Waals surface area (Å²) in [6.45, 7) is 4.70. The van der Waals surface area contributed by atoms with Crippen molar-refractivity contribution in [2.75, 3.05) is 0 Å². The maximum Gasteiger partial charge on any atom is 0.262 e. The minimum atomic E-state index is -0.376. The van der Waals surface area contributed by atoms with Crippen LogP contribution >= 0.6 is 0 Å². The zero-order valence-corrected chi connectivity index (χ0v) is 18.2. The van der Waals surface area contributed by atoms with Gasteiger partial charge in [0.1, 0.15) is 11.6 Å². The van der Waals surface area contributed by atoms with E-state index >= 15 is 0 Å². The van der Waals surface area contributed by atoms with E-state index in [1.807, 2.05) is 61.7 Å². The average Bonchev–Trinajstić information content (AvgIpc) is 3.16. The van der Waals surface area contributed by atoms with Gasteiger partial charge >= 0.3 is 0 Å². The number of nitrogens with zero attached hydrogens (tertiary/aromatic N) is 2. The summed E-state index contributed by atoms with van der Waals surface area (Å²) < 4.78 is 2.16. The highest BCUT2D eigenvalue weighted by atomic mass is 16.1. The lowest BCUT2D eigenvalue weighted by atomic mass is 10.1. The number of para-hydroxylation sites is 1. The van der Waals surface area contributed by atoms with Crippen molar-refractivity contribution in [2.24, 2.45) is 0 Å². The van der Waals surface area contributed by atoms with Crippen molar-refractivity contribution < 1.29 is 4.79 Å². The standard InChI is InChI=1S/C28H25N3O/c1-20-12-14-22(15-13-20)18-31-19-25(26-10-6-7-11-27(26)31)16-24(17-29)28(32)30-21(2)23-8-4-3-5-9-23/h3-16,19,21H,18H2,1-2H3,(H,30,32)/b24-16-/t21-/m0/s1. The van der Waals surface area contributed by atoms with Crippen LogP contribution in [-0.2, 0) is 11.3 Å². The number of carbonyl (C=O) groups is 1. The molecule has 4 aromatic rings. The average molecular weight is 420 g/mol. The fraction of sp³-hybridized carbons (Fsp3) is 0.143. The Kier molecular flexibility index (Phi) is 6.19. The summed E-state index contributed by atoms with van der Waals surface area (Å²) in [6, 6.07) is 28.1. The first-order chi connectivity index (χ1) is 15.5. The summed E-state index contributed by atoms with van der Waals surface area (Å²) in [7, 11) is 0. The van der Waals surface area contributed by atoms with Crippen LogP contribution in [0.3, 0.4) is 0 Å².